The van der Waals surface area contributed by atoms with E-state index in [0.717, 1.165) is 5.56 Å². The van der Waals surface area contributed by atoms with E-state index in [4.69, 9.17) is 27.9 Å². The third-order valence-electron chi connectivity index (χ3n) is 5.90. The van der Waals surface area contributed by atoms with Crippen LogP contribution >= 0.6 is 23.2 Å². The third kappa shape index (κ3) is 2.96. The lowest BCUT2D eigenvalue weighted by molar-refractivity contribution is -0.145. The molecule has 1 N–H and O–H groups in total. The van der Waals surface area contributed by atoms with Crippen molar-refractivity contribution in [3.8, 4) is 17.6 Å². The Balaban J connectivity index is 1.89. The second-order valence-corrected chi connectivity index (χ2v) is 8.43. The Kier molecular flexibility index (Phi) is 5.18. The van der Waals surface area contributed by atoms with E-state index in [2.05, 4.69) is 6.07 Å². The lowest BCUT2D eigenvalue weighted by Gasteiger charge is -2.16. The first-order valence-electron chi connectivity index (χ1n) is 8.70. The molecular weight excluding hydrogens is 397 g/mol. The smallest absolute Gasteiger partial charge is 0.312 e. The number of carboxylic acids is 1. The summed E-state index contributed by atoms with van der Waals surface area (Å²) in [6, 6.07) is 18.7. The van der Waals surface area contributed by atoms with E-state index >= 15 is 0 Å². The summed E-state index contributed by atoms with van der Waals surface area (Å²) in [5.74, 6) is 0.310. The predicted octanol–water partition coefficient (Wildman–Crippen LogP) is 5.96. The fourth-order valence-electron chi connectivity index (χ4n) is 4.21. The number of carboxylic acid groups (broad SMARTS) is 1. The quantitative estimate of drug-likeness (QED) is 0.631. The molecule has 0 radical (unpaired) electrons. The zero-order chi connectivity index (χ0) is 20.6. The van der Waals surface area contributed by atoms with Crippen molar-refractivity contribution in [2.24, 2.45) is 16.2 Å². The Hall–Kier alpha value is -2.48. The van der Waals surface area contributed by atoms with Crippen LogP contribution in [-0.4, -0.2) is 11.1 Å². The average molecular weight is 416 g/mol. The number of hydrogen-bond acceptors (Lipinski definition) is 3. The van der Waals surface area contributed by atoms with Gasteiger partial charge in [-0.1, -0.05) is 67.4 Å². The Morgan fingerprint density at radius 1 is 1.11 bits per heavy atom. The summed E-state index contributed by atoms with van der Waals surface area (Å²) in [5.41, 5.74) is -2.67. The lowest BCUT2D eigenvalue weighted by atomic mass is 9.86. The molecule has 0 heterocycles. The van der Waals surface area contributed by atoms with Gasteiger partial charge in [-0.3, -0.25) is 4.79 Å². The minimum absolute atomic E-state index is 0.107. The van der Waals surface area contributed by atoms with Gasteiger partial charge >= 0.3 is 5.97 Å². The number of rotatable bonds is 6. The molecule has 3 rings (SSSR count). The van der Waals surface area contributed by atoms with Crippen LogP contribution in [0.5, 0.6) is 11.5 Å². The van der Waals surface area contributed by atoms with E-state index in [9.17, 15) is 15.2 Å². The number of carbonyl (C=O) groups is 1. The van der Waals surface area contributed by atoms with Gasteiger partial charge in [0.15, 0.2) is 0 Å². The molecule has 1 aliphatic carbocycles. The number of aliphatic carboxylic acids is 1. The molecular formula is C22H19Cl2NO3. The molecule has 2 aromatic rings. The van der Waals surface area contributed by atoms with Crippen LogP contribution in [0.4, 0.5) is 0 Å². The van der Waals surface area contributed by atoms with E-state index in [1.165, 1.54) is 6.08 Å². The second-order valence-electron chi connectivity index (χ2n) is 7.43. The highest BCUT2D eigenvalue weighted by atomic mass is 35.5. The topological polar surface area (TPSA) is 70.3 Å². The number of nitriles is 1. The molecule has 2 atom stereocenters. The molecule has 1 saturated carbocycles. The van der Waals surface area contributed by atoms with E-state index in [0.29, 0.717) is 11.5 Å². The molecule has 0 bridgehead atoms. The highest BCUT2D eigenvalue weighted by molar-refractivity contribution is 6.56. The lowest BCUT2D eigenvalue weighted by Crippen LogP contribution is -2.26. The zero-order valence-corrected chi connectivity index (χ0v) is 17.0. The maximum atomic E-state index is 12.3. The van der Waals surface area contributed by atoms with Crippen molar-refractivity contribution in [2.45, 2.75) is 20.3 Å². The first kappa shape index (κ1) is 20.3. The van der Waals surface area contributed by atoms with Gasteiger partial charge in [-0.25, -0.2) is 0 Å². The summed E-state index contributed by atoms with van der Waals surface area (Å²) in [6.07, 6.45) is 1.53. The van der Waals surface area contributed by atoms with Gasteiger partial charge in [-0.15, -0.1) is 0 Å². The van der Waals surface area contributed by atoms with E-state index in [1.807, 2.05) is 42.5 Å². The standard InChI is InChI=1S/C22H19Cl2NO3/c1-20(2)21(14-25,13-18(23)24)22(20,19(26)27)12-15-8-10-17(11-9-15)28-16-6-4-3-5-7-16/h3-11,13H,12H2,1-2H3,(H,26,27)/t21-,22+/m1/s1. The second kappa shape index (κ2) is 7.16. The first-order valence-corrected chi connectivity index (χ1v) is 9.46. The highest BCUT2D eigenvalue weighted by Gasteiger charge is 2.86. The van der Waals surface area contributed by atoms with E-state index in [1.54, 1.807) is 26.0 Å². The molecule has 2 aromatic carbocycles. The van der Waals surface area contributed by atoms with Crippen molar-refractivity contribution in [2.75, 3.05) is 0 Å². The van der Waals surface area contributed by atoms with Gasteiger partial charge in [0.05, 0.1) is 6.07 Å². The number of hydrogen-bond donors (Lipinski definition) is 1. The average Bonchev–Trinajstić information content (AvgIpc) is 3.06. The van der Waals surface area contributed by atoms with Crippen molar-refractivity contribution in [3.05, 3.63) is 70.7 Å². The fraction of sp³-hybridized carbons (Fsp3) is 0.273. The molecule has 0 saturated heterocycles. The van der Waals surface area contributed by atoms with Gasteiger partial charge in [-0.2, -0.15) is 5.26 Å². The highest BCUT2D eigenvalue weighted by Crippen LogP contribution is 2.80. The third-order valence-corrected chi connectivity index (χ3v) is 6.12. The van der Waals surface area contributed by atoms with Crippen LogP contribution in [0.1, 0.15) is 19.4 Å². The van der Waals surface area contributed by atoms with Crippen molar-refractivity contribution in [1.29, 1.82) is 5.26 Å². The van der Waals surface area contributed by atoms with Gasteiger partial charge in [0.1, 0.15) is 26.8 Å². The van der Waals surface area contributed by atoms with Gasteiger partial charge in [0, 0.05) is 5.41 Å². The number of para-hydroxylation sites is 1. The van der Waals surface area contributed by atoms with Crippen molar-refractivity contribution in [1.82, 2.24) is 0 Å². The Morgan fingerprint density at radius 3 is 2.18 bits per heavy atom. The minimum atomic E-state index is -1.33. The van der Waals surface area contributed by atoms with E-state index < -0.39 is 22.2 Å². The van der Waals surface area contributed by atoms with Crippen molar-refractivity contribution < 1.29 is 14.6 Å². The molecule has 1 aliphatic rings. The minimum Gasteiger partial charge on any atom is -0.481 e. The maximum Gasteiger partial charge on any atom is 0.312 e. The number of halogens is 2. The first-order chi connectivity index (χ1) is 13.2. The summed E-state index contributed by atoms with van der Waals surface area (Å²) in [6.45, 7) is 3.51. The monoisotopic (exact) mass is 415 g/mol. The zero-order valence-electron chi connectivity index (χ0n) is 15.4. The number of benzene rings is 2. The van der Waals surface area contributed by atoms with Crippen LogP contribution in [0.2, 0.25) is 0 Å². The number of ether oxygens (including phenoxy) is 1. The fourth-order valence-corrected chi connectivity index (χ4v) is 4.54. The van der Waals surface area contributed by atoms with Crippen molar-refractivity contribution >= 4 is 29.2 Å². The summed E-state index contributed by atoms with van der Waals surface area (Å²) in [4.78, 5) is 12.3. The van der Waals surface area contributed by atoms with Gasteiger partial charge < -0.3 is 9.84 Å². The normalized spacial score (nSPS) is 24.7. The molecule has 0 amide bonds. The molecule has 4 nitrogen and oxygen atoms in total. The predicted molar refractivity (Wildman–Crippen MR) is 108 cm³/mol. The largest absolute Gasteiger partial charge is 0.481 e. The molecule has 144 valence electrons. The molecule has 1 fully saturated rings. The molecule has 0 spiro atoms. The van der Waals surface area contributed by atoms with Gasteiger partial charge in [0.2, 0.25) is 0 Å². The van der Waals surface area contributed by atoms with Gasteiger partial charge in [-0.05, 0) is 42.3 Å². The summed E-state index contributed by atoms with van der Waals surface area (Å²) in [7, 11) is 0. The Labute approximate surface area is 174 Å². The SMILES string of the molecule is CC1(C)[C@](C#N)(C=C(Cl)Cl)[C@@]1(Cc1ccc(Oc2ccccc2)cc1)C(=O)O. The van der Waals surface area contributed by atoms with Crippen LogP contribution < -0.4 is 4.74 Å². The molecule has 0 aromatic heterocycles. The van der Waals surface area contributed by atoms with Crippen molar-refractivity contribution in [3.63, 3.8) is 0 Å². The van der Waals surface area contributed by atoms with Crippen LogP contribution in [0.3, 0.4) is 0 Å². The Bertz CT molecular complexity index is 960. The number of allylic oxidation sites excluding steroid dienone is 1. The van der Waals surface area contributed by atoms with Gasteiger partial charge in [0.25, 0.3) is 0 Å². The summed E-state index contributed by atoms with van der Waals surface area (Å²) < 4.78 is 5.66. The molecule has 28 heavy (non-hydrogen) atoms. The molecule has 0 unspecified atom stereocenters. The van der Waals surface area contributed by atoms with Crippen LogP contribution in [0.15, 0.2) is 65.2 Å². The van der Waals surface area contributed by atoms with Crippen LogP contribution in [-0.2, 0) is 11.2 Å². The Morgan fingerprint density at radius 2 is 1.68 bits per heavy atom. The summed E-state index contributed by atoms with van der Waals surface area (Å²) in [5, 5.41) is 19.9. The maximum absolute atomic E-state index is 12.3. The summed E-state index contributed by atoms with van der Waals surface area (Å²) >= 11 is 11.6. The van der Waals surface area contributed by atoms with Crippen LogP contribution in [0, 0.1) is 27.6 Å². The number of nitrogens with zero attached hydrogens (tertiary/aromatic N) is 1. The van der Waals surface area contributed by atoms with Crippen LogP contribution in [0.25, 0.3) is 0 Å². The molecule has 0 aliphatic heterocycles. The van der Waals surface area contributed by atoms with E-state index in [-0.39, 0.29) is 10.9 Å². The molecule has 6 heteroatoms.